The van der Waals surface area contributed by atoms with Crippen molar-refractivity contribution in [1.82, 2.24) is 15.5 Å². The Bertz CT molecular complexity index is 1090. The fourth-order valence-electron chi connectivity index (χ4n) is 3.12. The fourth-order valence-corrected chi connectivity index (χ4v) is 3.12. The van der Waals surface area contributed by atoms with E-state index in [2.05, 4.69) is 15.5 Å². The molecule has 0 spiro atoms. The highest BCUT2D eigenvalue weighted by molar-refractivity contribution is 5.79. The molecule has 0 bridgehead atoms. The number of hydrogen-bond donors (Lipinski definition) is 1. The van der Waals surface area contributed by atoms with Gasteiger partial charge in [-0.3, -0.25) is 4.79 Å². The van der Waals surface area contributed by atoms with Crippen molar-refractivity contribution in [3.8, 4) is 17.2 Å². The molecular formula is C24H21N3O3. The first-order valence-corrected chi connectivity index (χ1v) is 9.59. The molecule has 1 unspecified atom stereocenters. The van der Waals surface area contributed by atoms with Crippen LogP contribution in [0.4, 0.5) is 0 Å². The van der Waals surface area contributed by atoms with Gasteiger partial charge in [0, 0.05) is 5.56 Å². The van der Waals surface area contributed by atoms with Gasteiger partial charge in [0.2, 0.25) is 17.7 Å². The lowest BCUT2D eigenvalue weighted by atomic mass is 10.1. The van der Waals surface area contributed by atoms with Gasteiger partial charge < -0.3 is 14.5 Å². The van der Waals surface area contributed by atoms with Crippen LogP contribution in [0.25, 0.3) is 11.5 Å². The van der Waals surface area contributed by atoms with E-state index in [1.165, 1.54) is 0 Å². The zero-order valence-corrected chi connectivity index (χ0v) is 16.5. The van der Waals surface area contributed by atoms with Gasteiger partial charge in [-0.15, -0.1) is 10.2 Å². The molecule has 1 heterocycles. The number of methoxy groups -OCH3 is 1. The second-order valence-electron chi connectivity index (χ2n) is 6.75. The molecule has 0 saturated carbocycles. The first-order chi connectivity index (χ1) is 14.7. The van der Waals surface area contributed by atoms with Crippen LogP contribution in [0.15, 0.2) is 89.3 Å². The number of rotatable bonds is 7. The molecule has 0 radical (unpaired) electrons. The first kappa shape index (κ1) is 19.4. The summed E-state index contributed by atoms with van der Waals surface area (Å²) < 4.78 is 11.1. The van der Waals surface area contributed by atoms with Gasteiger partial charge in [-0.25, -0.2) is 0 Å². The minimum atomic E-state index is -0.540. The third-order valence-corrected chi connectivity index (χ3v) is 4.67. The van der Waals surface area contributed by atoms with Gasteiger partial charge >= 0.3 is 0 Å². The van der Waals surface area contributed by atoms with Crippen LogP contribution in [0.2, 0.25) is 0 Å². The topological polar surface area (TPSA) is 77.2 Å². The van der Waals surface area contributed by atoms with Crippen LogP contribution in [0.3, 0.4) is 0 Å². The van der Waals surface area contributed by atoms with Crippen molar-refractivity contribution < 1.29 is 13.9 Å². The lowest BCUT2D eigenvalue weighted by molar-refractivity contribution is -0.121. The summed E-state index contributed by atoms with van der Waals surface area (Å²) in [7, 11) is 1.61. The maximum absolute atomic E-state index is 12.8. The molecule has 6 heteroatoms. The molecule has 0 saturated heterocycles. The Labute approximate surface area is 174 Å². The quantitative estimate of drug-likeness (QED) is 0.504. The van der Waals surface area contributed by atoms with E-state index in [1.54, 1.807) is 7.11 Å². The molecule has 1 N–H and O–H groups in total. The Hall–Kier alpha value is -3.93. The van der Waals surface area contributed by atoms with Crippen LogP contribution in [0.1, 0.15) is 23.1 Å². The van der Waals surface area contributed by atoms with Gasteiger partial charge in [0.15, 0.2) is 0 Å². The van der Waals surface area contributed by atoms with E-state index in [0.29, 0.717) is 11.8 Å². The Morgan fingerprint density at radius 2 is 1.60 bits per heavy atom. The standard InChI is InChI=1S/C24H21N3O3/c1-29-20-14-12-17(13-15-20)16-21(28)25-22(18-8-4-2-5-9-18)24-27-26-23(30-24)19-10-6-3-7-11-19/h2-15,22H,16H2,1H3,(H,25,28). The third kappa shape index (κ3) is 4.55. The predicted octanol–water partition coefficient (Wildman–Crippen LogP) is 4.19. The van der Waals surface area contributed by atoms with Crippen LogP contribution >= 0.6 is 0 Å². The average Bonchev–Trinajstić information content (AvgIpc) is 3.29. The summed E-state index contributed by atoms with van der Waals surface area (Å²) >= 11 is 0. The predicted molar refractivity (Wildman–Crippen MR) is 113 cm³/mol. The normalized spacial score (nSPS) is 11.6. The number of ether oxygens (including phenoxy) is 1. The molecule has 6 nitrogen and oxygen atoms in total. The van der Waals surface area contributed by atoms with Gasteiger partial charge in [0.05, 0.1) is 13.5 Å². The van der Waals surface area contributed by atoms with Crippen LogP contribution in [-0.2, 0) is 11.2 Å². The molecule has 1 amide bonds. The maximum Gasteiger partial charge on any atom is 0.247 e. The monoisotopic (exact) mass is 399 g/mol. The smallest absolute Gasteiger partial charge is 0.247 e. The Morgan fingerprint density at radius 1 is 0.933 bits per heavy atom. The molecule has 0 aliphatic rings. The Balaban J connectivity index is 1.56. The number of aromatic nitrogens is 2. The summed E-state index contributed by atoms with van der Waals surface area (Å²) in [4.78, 5) is 12.8. The van der Waals surface area contributed by atoms with E-state index in [-0.39, 0.29) is 12.3 Å². The van der Waals surface area contributed by atoms with Crippen LogP contribution in [-0.4, -0.2) is 23.2 Å². The Kier molecular flexibility index (Phi) is 5.85. The number of hydrogen-bond acceptors (Lipinski definition) is 5. The fraction of sp³-hybridized carbons (Fsp3) is 0.125. The lowest BCUT2D eigenvalue weighted by Gasteiger charge is -2.16. The van der Waals surface area contributed by atoms with E-state index in [9.17, 15) is 4.79 Å². The molecule has 3 aromatic carbocycles. The minimum absolute atomic E-state index is 0.145. The summed E-state index contributed by atoms with van der Waals surface area (Å²) in [5, 5.41) is 11.4. The summed E-state index contributed by atoms with van der Waals surface area (Å²) in [5.41, 5.74) is 2.58. The van der Waals surface area contributed by atoms with E-state index in [0.717, 1.165) is 22.4 Å². The summed E-state index contributed by atoms with van der Waals surface area (Å²) in [5.74, 6) is 1.35. The number of nitrogens with one attached hydrogen (secondary N) is 1. The maximum atomic E-state index is 12.8. The third-order valence-electron chi connectivity index (χ3n) is 4.67. The van der Waals surface area contributed by atoms with E-state index in [4.69, 9.17) is 9.15 Å². The zero-order valence-electron chi connectivity index (χ0n) is 16.5. The van der Waals surface area contributed by atoms with Gasteiger partial charge in [0.25, 0.3) is 0 Å². The van der Waals surface area contributed by atoms with Crippen LogP contribution in [0.5, 0.6) is 5.75 Å². The summed E-state index contributed by atoms with van der Waals surface area (Å²) in [6.45, 7) is 0. The molecule has 4 rings (SSSR count). The molecular weight excluding hydrogens is 378 g/mol. The number of amides is 1. The number of benzene rings is 3. The highest BCUT2D eigenvalue weighted by Crippen LogP contribution is 2.25. The zero-order chi connectivity index (χ0) is 20.8. The summed E-state index contributed by atoms with van der Waals surface area (Å²) in [6.07, 6.45) is 0.229. The van der Waals surface area contributed by atoms with Crippen LogP contribution < -0.4 is 10.1 Å². The lowest BCUT2D eigenvalue weighted by Crippen LogP contribution is -2.30. The number of nitrogens with zero attached hydrogens (tertiary/aromatic N) is 2. The van der Waals surface area contributed by atoms with Crippen molar-refractivity contribution in [3.63, 3.8) is 0 Å². The first-order valence-electron chi connectivity index (χ1n) is 9.59. The highest BCUT2D eigenvalue weighted by Gasteiger charge is 2.23. The molecule has 4 aromatic rings. The SMILES string of the molecule is COc1ccc(CC(=O)NC(c2ccccc2)c2nnc(-c3ccccc3)o2)cc1. The molecule has 0 aliphatic heterocycles. The second-order valence-corrected chi connectivity index (χ2v) is 6.75. The summed E-state index contributed by atoms with van der Waals surface area (Å²) in [6, 6.07) is 26.0. The minimum Gasteiger partial charge on any atom is -0.497 e. The average molecular weight is 399 g/mol. The van der Waals surface area contributed by atoms with Crippen LogP contribution in [0, 0.1) is 0 Å². The van der Waals surface area contributed by atoms with Gasteiger partial charge in [-0.1, -0.05) is 60.7 Å². The highest BCUT2D eigenvalue weighted by atomic mass is 16.5. The van der Waals surface area contributed by atoms with Crippen molar-refractivity contribution in [1.29, 1.82) is 0 Å². The van der Waals surface area contributed by atoms with E-state index >= 15 is 0 Å². The molecule has 30 heavy (non-hydrogen) atoms. The van der Waals surface area contributed by atoms with Crippen molar-refractivity contribution >= 4 is 5.91 Å². The molecule has 0 aliphatic carbocycles. The van der Waals surface area contributed by atoms with Crippen molar-refractivity contribution in [2.75, 3.05) is 7.11 Å². The molecule has 0 fully saturated rings. The van der Waals surface area contributed by atoms with Gasteiger partial charge in [-0.2, -0.15) is 0 Å². The number of carbonyl (C=O) groups excluding carboxylic acids is 1. The molecule has 150 valence electrons. The number of carbonyl (C=O) groups is 1. The van der Waals surface area contributed by atoms with Crippen molar-refractivity contribution in [3.05, 3.63) is 102 Å². The van der Waals surface area contributed by atoms with Gasteiger partial charge in [-0.05, 0) is 35.4 Å². The Morgan fingerprint density at radius 3 is 2.27 bits per heavy atom. The molecule has 1 aromatic heterocycles. The second kappa shape index (κ2) is 9.05. The van der Waals surface area contributed by atoms with Crippen molar-refractivity contribution in [2.24, 2.45) is 0 Å². The van der Waals surface area contributed by atoms with Gasteiger partial charge in [0.1, 0.15) is 11.8 Å². The van der Waals surface area contributed by atoms with Crippen molar-refractivity contribution in [2.45, 2.75) is 12.5 Å². The van der Waals surface area contributed by atoms with E-state index in [1.807, 2.05) is 84.9 Å². The largest absolute Gasteiger partial charge is 0.497 e. The van der Waals surface area contributed by atoms with E-state index < -0.39 is 6.04 Å². The molecule has 1 atom stereocenters.